The Hall–Kier alpha value is -1.13. The SMILES string of the molecule is COCCCNCC(C)Oc1ccc(F)cc1C. The molecule has 0 aliphatic heterocycles. The van der Waals surface area contributed by atoms with Crippen LogP contribution in [0.2, 0.25) is 0 Å². The summed E-state index contributed by atoms with van der Waals surface area (Å²) in [7, 11) is 1.70. The number of aryl methyl sites for hydroxylation is 1. The minimum atomic E-state index is -0.231. The molecule has 102 valence electrons. The van der Waals surface area contributed by atoms with Crippen LogP contribution in [0.25, 0.3) is 0 Å². The van der Waals surface area contributed by atoms with Crippen LogP contribution in [0.1, 0.15) is 18.9 Å². The van der Waals surface area contributed by atoms with E-state index in [4.69, 9.17) is 9.47 Å². The van der Waals surface area contributed by atoms with Gasteiger partial charge in [0.15, 0.2) is 0 Å². The molecule has 1 aromatic rings. The van der Waals surface area contributed by atoms with Crippen molar-refractivity contribution < 1.29 is 13.9 Å². The summed E-state index contributed by atoms with van der Waals surface area (Å²) in [5.41, 5.74) is 0.821. The van der Waals surface area contributed by atoms with Crippen LogP contribution < -0.4 is 10.1 Å². The molecule has 0 spiro atoms. The lowest BCUT2D eigenvalue weighted by Crippen LogP contribution is -2.30. The average molecular weight is 255 g/mol. The zero-order chi connectivity index (χ0) is 13.4. The Balaban J connectivity index is 2.28. The Labute approximate surface area is 108 Å². The largest absolute Gasteiger partial charge is 0.489 e. The molecule has 0 aliphatic carbocycles. The second kappa shape index (κ2) is 8.06. The van der Waals surface area contributed by atoms with E-state index >= 15 is 0 Å². The highest BCUT2D eigenvalue weighted by molar-refractivity contribution is 5.32. The number of hydrogen-bond donors (Lipinski definition) is 1. The molecule has 4 heteroatoms. The first-order valence-corrected chi connectivity index (χ1v) is 6.26. The van der Waals surface area contributed by atoms with Crippen molar-refractivity contribution in [3.8, 4) is 5.75 Å². The van der Waals surface area contributed by atoms with E-state index in [1.807, 2.05) is 13.8 Å². The minimum Gasteiger partial charge on any atom is -0.489 e. The lowest BCUT2D eigenvalue weighted by molar-refractivity contribution is 0.188. The van der Waals surface area contributed by atoms with Crippen molar-refractivity contribution in [2.24, 2.45) is 0 Å². The highest BCUT2D eigenvalue weighted by Gasteiger charge is 2.06. The zero-order valence-corrected chi connectivity index (χ0v) is 11.3. The van der Waals surface area contributed by atoms with E-state index in [1.54, 1.807) is 13.2 Å². The Morgan fingerprint density at radius 1 is 1.39 bits per heavy atom. The van der Waals surface area contributed by atoms with E-state index < -0.39 is 0 Å². The third kappa shape index (κ3) is 5.47. The van der Waals surface area contributed by atoms with Gasteiger partial charge in [0.05, 0.1) is 0 Å². The summed E-state index contributed by atoms with van der Waals surface area (Å²) >= 11 is 0. The fourth-order valence-corrected chi connectivity index (χ4v) is 1.65. The first-order chi connectivity index (χ1) is 8.63. The van der Waals surface area contributed by atoms with Crippen molar-refractivity contribution in [3.05, 3.63) is 29.6 Å². The summed E-state index contributed by atoms with van der Waals surface area (Å²) in [6.07, 6.45) is 1.04. The quantitative estimate of drug-likeness (QED) is 0.724. The second-order valence-electron chi connectivity index (χ2n) is 4.39. The van der Waals surface area contributed by atoms with Crippen LogP contribution in [-0.4, -0.2) is 32.9 Å². The number of benzene rings is 1. The van der Waals surface area contributed by atoms with Crippen molar-refractivity contribution in [1.29, 1.82) is 0 Å². The summed E-state index contributed by atoms with van der Waals surface area (Å²) in [4.78, 5) is 0. The highest BCUT2D eigenvalue weighted by Crippen LogP contribution is 2.19. The van der Waals surface area contributed by atoms with Crippen molar-refractivity contribution in [2.45, 2.75) is 26.4 Å². The smallest absolute Gasteiger partial charge is 0.123 e. The standard InChI is InChI=1S/C14H22FNO2/c1-11-9-13(15)5-6-14(11)18-12(2)10-16-7-4-8-17-3/h5-6,9,12,16H,4,7-8,10H2,1-3H3. The van der Waals surface area contributed by atoms with Gasteiger partial charge in [0.2, 0.25) is 0 Å². The van der Waals surface area contributed by atoms with Crippen LogP contribution >= 0.6 is 0 Å². The van der Waals surface area contributed by atoms with Crippen molar-refractivity contribution in [3.63, 3.8) is 0 Å². The van der Waals surface area contributed by atoms with Gasteiger partial charge in [-0.25, -0.2) is 4.39 Å². The molecule has 0 saturated carbocycles. The molecule has 0 fully saturated rings. The van der Waals surface area contributed by atoms with Gasteiger partial charge in [-0.15, -0.1) is 0 Å². The van der Waals surface area contributed by atoms with Gasteiger partial charge in [0.25, 0.3) is 0 Å². The molecular formula is C14H22FNO2. The molecule has 0 saturated heterocycles. The monoisotopic (exact) mass is 255 g/mol. The van der Waals surface area contributed by atoms with Gasteiger partial charge in [-0.2, -0.15) is 0 Å². The van der Waals surface area contributed by atoms with Crippen LogP contribution in [0, 0.1) is 12.7 Å². The summed E-state index contributed by atoms with van der Waals surface area (Å²) in [5.74, 6) is 0.507. The fourth-order valence-electron chi connectivity index (χ4n) is 1.65. The van der Waals surface area contributed by atoms with E-state index in [-0.39, 0.29) is 11.9 Å². The molecule has 0 aliphatic rings. The summed E-state index contributed by atoms with van der Waals surface area (Å²) in [5, 5.41) is 3.29. The number of halogens is 1. The fraction of sp³-hybridized carbons (Fsp3) is 0.571. The van der Waals surface area contributed by atoms with Gasteiger partial charge in [0, 0.05) is 20.3 Å². The predicted molar refractivity (Wildman–Crippen MR) is 70.6 cm³/mol. The number of hydrogen-bond acceptors (Lipinski definition) is 3. The number of ether oxygens (including phenoxy) is 2. The molecule has 0 radical (unpaired) electrons. The normalized spacial score (nSPS) is 12.4. The topological polar surface area (TPSA) is 30.5 Å². The Morgan fingerprint density at radius 2 is 2.17 bits per heavy atom. The van der Waals surface area contributed by atoms with E-state index in [9.17, 15) is 4.39 Å². The molecule has 0 aromatic heterocycles. The molecule has 0 heterocycles. The van der Waals surface area contributed by atoms with Gasteiger partial charge in [-0.1, -0.05) is 0 Å². The third-order valence-corrected chi connectivity index (χ3v) is 2.60. The predicted octanol–water partition coefficient (Wildman–Crippen LogP) is 2.53. The first kappa shape index (κ1) is 14.9. The molecule has 1 aromatic carbocycles. The summed E-state index contributed by atoms with van der Waals surface area (Å²) in [6, 6.07) is 4.57. The Morgan fingerprint density at radius 3 is 2.83 bits per heavy atom. The number of nitrogens with one attached hydrogen (secondary N) is 1. The van der Waals surface area contributed by atoms with Crippen molar-refractivity contribution in [2.75, 3.05) is 26.8 Å². The molecule has 1 N–H and O–H groups in total. The van der Waals surface area contributed by atoms with E-state index in [0.29, 0.717) is 0 Å². The molecule has 3 nitrogen and oxygen atoms in total. The third-order valence-electron chi connectivity index (χ3n) is 2.60. The highest BCUT2D eigenvalue weighted by atomic mass is 19.1. The van der Waals surface area contributed by atoms with Crippen LogP contribution in [-0.2, 0) is 4.74 Å². The van der Waals surface area contributed by atoms with Gasteiger partial charge < -0.3 is 14.8 Å². The number of rotatable bonds is 8. The molecule has 1 unspecified atom stereocenters. The second-order valence-corrected chi connectivity index (χ2v) is 4.39. The van der Waals surface area contributed by atoms with E-state index in [2.05, 4.69) is 5.32 Å². The zero-order valence-electron chi connectivity index (χ0n) is 11.3. The van der Waals surface area contributed by atoms with Gasteiger partial charge >= 0.3 is 0 Å². The van der Waals surface area contributed by atoms with E-state index in [0.717, 1.165) is 37.4 Å². The number of methoxy groups -OCH3 is 1. The molecule has 1 rings (SSSR count). The first-order valence-electron chi connectivity index (χ1n) is 6.26. The van der Waals surface area contributed by atoms with Gasteiger partial charge in [-0.3, -0.25) is 0 Å². The molecule has 0 amide bonds. The maximum absolute atomic E-state index is 12.9. The minimum absolute atomic E-state index is 0.0525. The maximum Gasteiger partial charge on any atom is 0.123 e. The van der Waals surface area contributed by atoms with Crippen LogP contribution in [0.5, 0.6) is 5.75 Å². The van der Waals surface area contributed by atoms with E-state index in [1.165, 1.54) is 12.1 Å². The van der Waals surface area contributed by atoms with Crippen molar-refractivity contribution in [1.82, 2.24) is 5.32 Å². The Bertz CT molecular complexity index is 358. The summed E-state index contributed by atoms with van der Waals surface area (Å²) in [6.45, 7) is 6.27. The molecule has 18 heavy (non-hydrogen) atoms. The van der Waals surface area contributed by atoms with Crippen LogP contribution in [0.4, 0.5) is 4.39 Å². The lowest BCUT2D eigenvalue weighted by atomic mass is 10.2. The molecular weight excluding hydrogens is 233 g/mol. The molecule has 1 atom stereocenters. The van der Waals surface area contributed by atoms with Crippen molar-refractivity contribution >= 4 is 0 Å². The molecule has 0 bridgehead atoms. The van der Waals surface area contributed by atoms with Crippen LogP contribution in [0.3, 0.4) is 0 Å². The maximum atomic E-state index is 12.9. The lowest BCUT2D eigenvalue weighted by Gasteiger charge is -2.17. The Kier molecular flexibility index (Phi) is 6.68. The van der Waals surface area contributed by atoms with Crippen LogP contribution in [0.15, 0.2) is 18.2 Å². The van der Waals surface area contributed by atoms with Gasteiger partial charge in [0.1, 0.15) is 17.7 Å². The van der Waals surface area contributed by atoms with Gasteiger partial charge in [-0.05, 0) is 50.6 Å². The average Bonchev–Trinajstić information content (AvgIpc) is 2.32. The summed E-state index contributed by atoms with van der Waals surface area (Å²) < 4.78 is 23.6.